The van der Waals surface area contributed by atoms with Crippen LogP contribution in [0.25, 0.3) is 22.0 Å². The number of aromatic amines is 1. The largest absolute Gasteiger partial charge is 0.496 e. The molecule has 16 heteroatoms. The molecule has 0 radical (unpaired) electrons. The molecule has 1 saturated heterocycles. The van der Waals surface area contributed by atoms with Crippen molar-refractivity contribution in [1.82, 2.24) is 36.0 Å². The molecular weight excluding hydrogens is 699 g/mol. The number of pyridine rings is 1. The van der Waals surface area contributed by atoms with Gasteiger partial charge in [-0.05, 0) is 54.7 Å². The summed E-state index contributed by atoms with van der Waals surface area (Å²) in [5.41, 5.74) is 3.22. The first-order valence-corrected chi connectivity index (χ1v) is 18.0. The van der Waals surface area contributed by atoms with Gasteiger partial charge in [0, 0.05) is 61.5 Å². The number of ether oxygens (including phenoxy) is 2. The van der Waals surface area contributed by atoms with Gasteiger partial charge >= 0.3 is 0 Å². The first-order chi connectivity index (χ1) is 26.1. The average molecular weight is 747 g/mol. The molecule has 3 heterocycles. The predicted molar refractivity (Wildman–Crippen MR) is 201 cm³/mol. The van der Waals surface area contributed by atoms with Crippen molar-refractivity contribution in [3.8, 4) is 22.6 Å². The summed E-state index contributed by atoms with van der Waals surface area (Å²) in [5, 5.41) is 21.6. The fourth-order valence-electron chi connectivity index (χ4n) is 6.34. The topological polar surface area (TPSA) is 198 Å². The number of anilines is 1. The number of halogens is 1. The number of carbonyl (C=O) groups is 4. The van der Waals surface area contributed by atoms with Crippen LogP contribution in [-0.4, -0.2) is 78.3 Å². The number of rotatable bonds is 19. The number of hydrogen-bond donors (Lipinski definition) is 6. The lowest BCUT2D eigenvalue weighted by atomic mass is 10.0. The summed E-state index contributed by atoms with van der Waals surface area (Å²) in [6, 6.07) is 7.50. The average Bonchev–Trinajstić information content (AvgIpc) is 3.65. The Kier molecular flexibility index (Phi) is 13.7. The Morgan fingerprint density at radius 1 is 0.963 bits per heavy atom. The van der Waals surface area contributed by atoms with E-state index < -0.39 is 17.8 Å². The van der Waals surface area contributed by atoms with Crippen molar-refractivity contribution in [3.63, 3.8) is 0 Å². The second-order valence-corrected chi connectivity index (χ2v) is 13.2. The molecule has 0 aliphatic carbocycles. The van der Waals surface area contributed by atoms with Crippen LogP contribution in [0.4, 0.5) is 10.1 Å². The highest BCUT2D eigenvalue weighted by atomic mass is 19.1. The van der Waals surface area contributed by atoms with Crippen molar-refractivity contribution in [2.75, 3.05) is 39.2 Å². The number of unbranched alkanes of at least 4 members (excludes halogenated alkanes) is 4. The summed E-state index contributed by atoms with van der Waals surface area (Å²) in [6.45, 7) is 1.47. The van der Waals surface area contributed by atoms with Crippen LogP contribution in [0.5, 0.6) is 11.5 Å². The fourth-order valence-corrected chi connectivity index (χ4v) is 6.34. The molecule has 1 fully saturated rings. The molecule has 4 aromatic rings. The summed E-state index contributed by atoms with van der Waals surface area (Å²) in [5.74, 6) is -0.570. The van der Waals surface area contributed by atoms with Gasteiger partial charge in [-0.2, -0.15) is 5.10 Å². The maximum absolute atomic E-state index is 14.6. The number of imide groups is 1. The van der Waals surface area contributed by atoms with Crippen LogP contribution in [0.3, 0.4) is 0 Å². The highest BCUT2D eigenvalue weighted by Crippen LogP contribution is 2.37. The molecule has 6 N–H and O–H groups in total. The van der Waals surface area contributed by atoms with E-state index in [0.717, 1.165) is 48.8 Å². The van der Waals surface area contributed by atoms with E-state index in [2.05, 4.69) is 36.8 Å². The van der Waals surface area contributed by atoms with Crippen LogP contribution >= 0.6 is 0 Å². The first-order valence-electron chi connectivity index (χ1n) is 18.0. The van der Waals surface area contributed by atoms with E-state index in [9.17, 15) is 28.4 Å². The zero-order chi connectivity index (χ0) is 38.6. The molecule has 2 aromatic carbocycles. The Labute approximate surface area is 311 Å². The Bertz CT molecular complexity index is 2020. The standard InChI is InChI=1S/C38H47FN8O7/c1-47-22-28(26-20-43-46-36(26)38(47)52)24-15-31(53-2)27(32(16-24)54-3)19-40-21-35(50)42-14-8-6-4-5-7-13-41-34(49)17-23-9-10-25(18-29(23)39)44-30-11-12-33(48)45-37(30)51/h9-10,15-16,18,20,22,30,40,44H,4-8,11-14,17,19,21H2,1-3H3,(H,41,49)(H,42,50)(H,43,46)(H,45,48,51). The van der Waals surface area contributed by atoms with Crippen molar-refractivity contribution in [2.45, 2.75) is 64.0 Å². The highest BCUT2D eigenvalue weighted by molar-refractivity contribution is 6.01. The van der Waals surface area contributed by atoms with Crippen molar-refractivity contribution >= 4 is 40.2 Å². The molecule has 1 unspecified atom stereocenters. The predicted octanol–water partition coefficient (Wildman–Crippen LogP) is 2.82. The van der Waals surface area contributed by atoms with E-state index >= 15 is 0 Å². The molecule has 1 aliphatic rings. The quantitative estimate of drug-likeness (QED) is 0.0613. The molecule has 1 atom stereocenters. The van der Waals surface area contributed by atoms with Gasteiger partial charge in [-0.15, -0.1) is 0 Å². The monoisotopic (exact) mass is 746 g/mol. The number of hydrogen-bond acceptors (Lipinski definition) is 10. The molecule has 0 bridgehead atoms. The van der Waals surface area contributed by atoms with Crippen molar-refractivity contribution in [3.05, 3.63) is 70.0 Å². The number of amides is 4. The number of aromatic nitrogens is 3. The van der Waals surface area contributed by atoms with E-state index in [0.29, 0.717) is 54.1 Å². The minimum absolute atomic E-state index is 0.0968. The number of aryl methyl sites for hydroxylation is 1. The molecule has 2 aromatic heterocycles. The summed E-state index contributed by atoms with van der Waals surface area (Å²) in [7, 11) is 4.81. The Morgan fingerprint density at radius 2 is 1.65 bits per heavy atom. The number of nitrogens with one attached hydrogen (secondary N) is 6. The molecule has 1 aliphatic heterocycles. The van der Waals surface area contributed by atoms with Gasteiger partial charge in [-0.25, -0.2) is 4.39 Å². The summed E-state index contributed by atoms with van der Waals surface area (Å²) in [6.07, 6.45) is 8.20. The van der Waals surface area contributed by atoms with Crippen LogP contribution in [-0.2, 0) is 39.2 Å². The zero-order valence-corrected chi connectivity index (χ0v) is 30.7. The van der Waals surface area contributed by atoms with Crippen LogP contribution in [0, 0.1) is 5.82 Å². The molecule has 0 saturated carbocycles. The Hall–Kier alpha value is -5.77. The van der Waals surface area contributed by atoms with Crippen LogP contribution in [0.15, 0.2) is 47.5 Å². The lowest BCUT2D eigenvalue weighted by molar-refractivity contribution is -0.133. The molecule has 0 spiro atoms. The minimum atomic E-state index is -0.618. The van der Waals surface area contributed by atoms with Crippen molar-refractivity contribution in [1.29, 1.82) is 0 Å². The van der Waals surface area contributed by atoms with Crippen LogP contribution in [0.2, 0.25) is 0 Å². The minimum Gasteiger partial charge on any atom is -0.496 e. The van der Waals surface area contributed by atoms with Gasteiger partial charge in [-0.3, -0.25) is 34.4 Å². The molecule has 54 heavy (non-hydrogen) atoms. The van der Waals surface area contributed by atoms with Gasteiger partial charge in [0.2, 0.25) is 23.6 Å². The van der Waals surface area contributed by atoms with E-state index in [1.807, 2.05) is 12.1 Å². The van der Waals surface area contributed by atoms with Crippen molar-refractivity contribution in [2.24, 2.45) is 7.05 Å². The van der Waals surface area contributed by atoms with Gasteiger partial charge < -0.3 is 35.3 Å². The van der Waals surface area contributed by atoms with Crippen molar-refractivity contribution < 1.29 is 33.0 Å². The van der Waals surface area contributed by atoms with Crippen LogP contribution < -0.4 is 41.6 Å². The second kappa shape index (κ2) is 18.8. The van der Waals surface area contributed by atoms with Gasteiger partial charge in [-0.1, -0.05) is 25.3 Å². The van der Waals surface area contributed by atoms with E-state index in [4.69, 9.17) is 9.47 Å². The number of H-pyrrole nitrogens is 1. The number of piperidine rings is 1. The van der Waals surface area contributed by atoms with Gasteiger partial charge in [0.15, 0.2) is 0 Å². The third-order valence-corrected chi connectivity index (χ3v) is 9.27. The highest BCUT2D eigenvalue weighted by Gasteiger charge is 2.26. The lowest BCUT2D eigenvalue weighted by Gasteiger charge is -2.23. The molecular formula is C38H47FN8O7. The molecule has 15 nitrogen and oxygen atoms in total. The van der Waals surface area contributed by atoms with Gasteiger partial charge in [0.25, 0.3) is 5.56 Å². The Balaban J connectivity index is 0.946. The second-order valence-electron chi connectivity index (χ2n) is 13.2. The molecule has 5 rings (SSSR count). The van der Waals surface area contributed by atoms with E-state index in [1.165, 1.54) is 16.7 Å². The SMILES string of the molecule is COc1cc(-c2cn(C)c(=O)c3[nH]ncc23)cc(OC)c1CNCC(=O)NCCCCCCCNC(=O)Cc1ccc(NC2CCC(=O)NC2=O)cc1F. The molecule has 4 amide bonds. The Morgan fingerprint density at radius 3 is 2.31 bits per heavy atom. The van der Waals surface area contributed by atoms with Gasteiger partial charge in [0.05, 0.1) is 33.4 Å². The number of fused-ring (bicyclic) bond motifs is 1. The third-order valence-electron chi connectivity index (χ3n) is 9.27. The number of nitrogens with zero attached hydrogens (tertiary/aromatic N) is 2. The summed E-state index contributed by atoms with van der Waals surface area (Å²) in [4.78, 5) is 60.6. The maximum Gasteiger partial charge on any atom is 0.276 e. The smallest absolute Gasteiger partial charge is 0.276 e. The number of methoxy groups -OCH3 is 2. The van der Waals surface area contributed by atoms with Gasteiger partial charge in [0.1, 0.15) is 28.9 Å². The first kappa shape index (κ1) is 39.4. The number of carbonyl (C=O) groups excluding carboxylic acids is 4. The summed E-state index contributed by atoms with van der Waals surface area (Å²) < 4.78 is 27.5. The maximum atomic E-state index is 14.6. The zero-order valence-electron chi connectivity index (χ0n) is 30.7. The van der Waals surface area contributed by atoms with E-state index in [1.54, 1.807) is 39.7 Å². The van der Waals surface area contributed by atoms with Crippen LogP contribution in [0.1, 0.15) is 56.1 Å². The number of benzene rings is 2. The van der Waals surface area contributed by atoms with E-state index in [-0.39, 0.29) is 48.2 Å². The normalized spacial score (nSPS) is 14.1. The lowest BCUT2D eigenvalue weighted by Crippen LogP contribution is -2.47. The molecule has 288 valence electrons. The summed E-state index contributed by atoms with van der Waals surface area (Å²) >= 11 is 0. The third kappa shape index (κ3) is 10.2. The fraction of sp³-hybridized carbons (Fsp3) is 0.421.